The Morgan fingerprint density at radius 2 is 2.05 bits per heavy atom. The van der Waals surface area contributed by atoms with E-state index in [1.165, 1.54) is 8.99 Å². The minimum absolute atomic E-state index is 0.0770. The van der Waals surface area contributed by atoms with Gasteiger partial charge in [-0.25, -0.2) is 13.1 Å². The predicted octanol–water partition coefficient (Wildman–Crippen LogP) is -0.734. The fourth-order valence-electron chi connectivity index (χ4n) is 2.27. The van der Waals surface area contributed by atoms with Crippen molar-refractivity contribution in [1.29, 1.82) is 0 Å². The van der Waals surface area contributed by atoms with E-state index in [-0.39, 0.29) is 16.2 Å². The molecule has 114 valence electrons. The molecule has 0 atom stereocenters. The summed E-state index contributed by atoms with van der Waals surface area (Å²) < 4.78 is 28.2. The Hall–Kier alpha value is -0.550. The number of aryl methyl sites for hydroxylation is 1. The van der Waals surface area contributed by atoms with Crippen LogP contribution in [0.25, 0.3) is 0 Å². The van der Waals surface area contributed by atoms with Gasteiger partial charge in [-0.05, 0) is 28.9 Å². The van der Waals surface area contributed by atoms with Crippen LogP contribution < -0.4 is 0 Å². The number of hydrogen-bond donors (Lipinski definition) is 1. The van der Waals surface area contributed by atoms with Crippen molar-refractivity contribution in [3.8, 4) is 0 Å². The molecule has 1 saturated heterocycles. The first-order chi connectivity index (χ1) is 9.46. The second kappa shape index (κ2) is 6.48. The average Bonchev–Trinajstić information content (AvgIpc) is 2.62. The fourth-order valence-corrected chi connectivity index (χ4v) is 4.77. The molecule has 0 unspecified atom stereocenters. The number of rotatable bonds is 4. The highest BCUT2D eigenvalue weighted by molar-refractivity contribution is 9.10. The maximum Gasteiger partial charge on any atom is 0.263 e. The van der Waals surface area contributed by atoms with Gasteiger partial charge < -0.3 is 5.11 Å². The minimum atomic E-state index is -3.61. The summed E-state index contributed by atoms with van der Waals surface area (Å²) in [6.45, 7) is 2.93. The molecule has 10 heteroatoms. The molecule has 0 bridgehead atoms. The highest BCUT2D eigenvalue weighted by Crippen LogP contribution is 2.23. The van der Waals surface area contributed by atoms with Crippen LogP contribution in [-0.4, -0.2) is 77.1 Å². The fraction of sp³-hybridized carbons (Fsp3) is 0.800. The Balaban J connectivity index is 2.18. The number of aliphatic hydroxyl groups is 1. The second-order valence-electron chi connectivity index (χ2n) is 4.63. The summed E-state index contributed by atoms with van der Waals surface area (Å²) >= 11 is 3.13. The number of halogens is 1. The van der Waals surface area contributed by atoms with E-state index in [0.29, 0.717) is 26.2 Å². The first-order valence-electron chi connectivity index (χ1n) is 6.35. The van der Waals surface area contributed by atoms with E-state index >= 15 is 0 Å². The van der Waals surface area contributed by atoms with E-state index in [9.17, 15) is 8.42 Å². The summed E-state index contributed by atoms with van der Waals surface area (Å²) in [4.78, 5) is 2.06. The molecule has 0 radical (unpaired) electrons. The molecule has 1 aromatic rings. The topological polar surface area (TPSA) is 91.6 Å². The molecule has 0 spiro atoms. The molecular weight excluding hydrogens is 350 g/mol. The van der Waals surface area contributed by atoms with Gasteiger partial charge in [0.1, 0.15) is 0 Å². The van der Waals surface area contributed by atoms with Gasteiger partial charge >= 0.3 is 0 Å². The quantitative estimate of drug-likeness (QED) is 0.753. The molecular formula is C10H18BrN5O3S. The van der Waals surface area contributed by atoms with E-state index in [2.05, 4.69) is 31.1 Å². The van der Waals surface area contributed by atoms with Crippen LogP contribution in [0.15, 0.2) is 9.63 Å². The highest BCUT2D eigenvalue weighted by Gasteiger charge is 2.32. The molecule has 1 aliphatic heterocycles. The molecule has 2 rings (SSSR count). The zero-order chi connectivity index (χ0) is 14.8. The van der Waals surface area contributed by atoms with Gasteiger partial charge in [-0.1, -0.05) is 5.21 Å². The molecule has 8 nitrogen and oxygen atoms in total. The van der Waals surface area contributed by atoms with Crippen molar-refractivity contribution in [2.24, 2.45) is 7.05 Å². The Kier molecular flexibility index (Phi) is 5.13. The summed E-state index contributed by atoms with van der Waals surface area (Å²) in [5, 5.41) is 16.5. The molecule has 0 amide bonds. The van der Waals surface area contributed by atoms with E-state index in [0.717, 1.165) is 13.0 Å². The monoisotopic (exact) mass is 367 g/mol. The van der Waals surface area contributed by atoms with Crippen molar-refractivity contribution in [2.75, 3.05) is 39.3 Å². The van der Waals surface area contributed by atoms with Crippen molar-refractivity contribution in [2.45, 2.75) is 11.4 Å². The lowest BCUT2D eigenvalue weighted by molar-refractivity contribution is 0.202. The van der Waals surface area contributed by atoms with Crippen LogP contribution in [0.4, 0.5) is 0 Å². The summed E-state index contributed by atoms with van der Waals surface area (Å²) in [5.74, 6) is 0. The van der Waals surface area contributed by atoms with E-state index < -0.39 is 10.0 Å². The average molecular weight is 368 g/mol. The van der Waals surface area contributed by atoms with Crippen molar-refractivity contribution >= 4 is 26.0 Å². The first-order valence-corrected chi connectivity index (χ1v) is 8.58. The van der Waals surface area contributed by atoms with Gasteiger partial charge in [0.05, 0.1) is 6.61 Å². The standard InChI is InChI=1S/C10H18BrN5O3S/c1-14-10(9(11)12-13-14)20(18,19)16-4-2-3-15(5-6-16)7-8-17/h17H,2-8H2,1H3. The summed E-state index contributed by atoms with van der Waals surface area (Å²) in [7, 11) is -2.05. The number of nitrogens with zero attached hydrogens (tertiary/aromatic N) is 5. The maximum absolute atomic E-state index is 12.6. The highest BCUT2D eigenvalue weighted by atomic mass is 79.9. The summed E-state index contributed by atoms with van der Waals surface area (Å²) in [5.41, 5.74) is 0. The lowest BCUT2D eigenvalue weighted by Crippen LogP contribution is -2.36. The van der Waals surface area contributed by atoms with Crippen LogP contribution >= 0.6 is 15.9 Å². The molecule has 1 aromatic heterocycles. The SMILES string of the molecule is Cn1nnc(Br)c1S(=O)(=O)N1CCCN(CCO)CC1. The Bertz CT molecular complexity index is 542. The van der Waals surface area contributed by atoms with E-state index in [1.807, 2.05) is 0 Å². The summed E-state index contributed by atoms with van der Waals surface area (Å²) in [6, 6.07) is 0. The van der Waals surface area contributed by atoms with Crippen LogP contribution in [0.2, 0.25) is 0 Å². The van der Waals surface area contributed by atoms with Gasteiger partial charge in [-0.15, -0.1) is 5.10 Å². The first kappa shape index (κ1) is 15.8. The van der Waals surface area contributed by atoms with Crippen molar-refractivity contribution in [3.63, 3.8) is 0 Å². The van der Waals surface area contributed by atoms with Crippen LogP contribution in [0.3, 0.4) is 0 Å². The zero-order valence-corrected chi connectivity index (χ0v) is 13.6. The molecule has 0 aliphatic carbocycles. The molecule has 0 aromatic carbocycles. The lowest BCUT2D eigenvalue weighted by Gasteiger charge is -2.20. The predicted molar refractivity (Wildman–Crippen MR) is 75.6 cm³/mol. The molecule has 2 heterocycles. The van der Waals surface area contributed by atoms with Crippen molar-refractivity contribution in [1.82, 2.24) is 24.2 Å². The molecule has 0 saturated carbocycles. The summed E-state index contributed by atoms with van der Waals surface area (Å²) in [6.07, 6.45) is 0.738. The number of hydrogen-bond acceptors (Lipinski definition) is 6. The molecule has 1 fully saturated rings. The second-order valence-corrected chi connectivity index (χ2v) is 7.24. The maximum atomic E-state index is 12.6. The zero-order valence-electron chi connectivity index (χ0n) is 11.2. The van der Waals surface area contributed by atoms with Crippen LogP contribution in [0.1, 0.15) is 6.42 Å². The van der Waals surface area contributed by atoms with Gasteiger partial charge in [-0.3, -0.25) is 4.90 Å². The van der Waals surface area contributed by atoms with E-state index in [4.69, 9.17) is 5.11 Å². The third kappa shape index (κ3) is 3.19. The third-order valence-corrected chi connectivity index (χ3v) is 6.07. The number of sulfonamides is 1. The normalized spacial score (nSPS) is 19.1. The molecule has 20 heavy (non-hydrogen) atoms. The van der Waals surface area contributed by atoms with Gasteiger partial charge in [0.15, 0.2) is 4.60 Å². The largest absolute Gasteiger partial charge is 0.395 e. The molecule has 1 N–H and O–H groups in total. The van der Waals surface area contributed by atoms with Crippen LogP contribution in [-0.2, 0) is 17.1 Å². The van der Waals surface area contributed by atoms with Crippen molar-refractivity contribution in [3.05, 3.63) is 4.60 Å². The van der Waals surface area contributed by atoms with Gasteiger partial charge in [0.2, 0.25) is 5.03 Å². The van der Waals surface area contributed by atoms with Gasteiger partial charge in [-0.2, -0.15) is 4.31 Å². The number of aromatic nitrogens is 3. The number of aliphatic hydroxyl groups excluding tert-OH is 1. The number of β-amino-alcohol motifs (C(OH)–C–C–N with tert-alkyl or cyclic N) is 1. The van der Waals surface area contributed by atoms with Gasteiger partial charge in [0, 0.05) is 33.2 Å². The van der Waals surface area contributed by atoms with Crippen LogP contribution in [0.5, 0.6) is 0 Å². The lowest BCUT2D eigenvalue weighted by atomic mass is 10.4. The Morgan fingerprint density at radius 3 is 2.65 bits per heavy atom. The third-order valence-electron chi connectivity index (χ3n) is 3.29. The van der Waals surface area contributed by atoms with Crippen molar-refractivity contribution < 1.29 is 13.5 Å². The van der Waals surface area contributed by atoms with Crippen LogP contribution in [0, 0.1) is 0 Å². The minimum Gasteiger partial charge on any atom is -0.395 e. The van der Waals surface area contributed by atoms with E-state index in [1.54, 1.807) is 7.05 Å². The Labute approximate surface area is 126 Å². The smallest absolute Gasteiger partial charge is 0.263 e. The molecule has 1 aliphatic rings. The van der Waals surface area contributed by atoms with Gasteiger partial charge in [0.25, 0.3) is 10.0 Å². The Morgan fingerprint density at radius 1 is 1.30 bits per heavy atom.